The highest BCUT2D eigenvalue weighted by Crippen LogP contribution is 2.27. The molecule has 0 spiro atoms. The molecule has 1 N–H and O–H groups in total. The summed E-state index contributed by atoms with van der Waals surface area (Å²) in [6, 6.07) is 5.53. The largest absolute Gasteiger partial charge is 0.465 e. The third-order valence-corrected chi connectivity index (χ3v) is 2.53. The van der Waals surface area contributed by atoms with Gasteiger partial charge in [-0.25, -0.2) is 4.39 Å². The number of carbonyl (C=O) groups is 1. The zero-order valence-electron chi connectivity index (χ0n) is 8.02. The number of hydrogen-bond donors (Lipinski definition) is 1. The number of aliphatic hydroxyl groups is 1. The van der Waals surface area contributed by atoms with Gasteiger partial charge in [-0.05, 0) is 17.7 Å². The summed E-state index contributed by atoms with van der Waals surface area (Å²) in [6.45, 7) is 0.248. The molecule has 0 saturated carbocycles. The molecule has 3 nitrogen and oxygen atoms in total. The molecule has 80 valence electrons. The second kappa shape index (κ2) is 3.98. The maximum absolute atomic E-state index is 12.7. The molecule has 1 heterocycles. The number of rotatable bonds is 1. The summed E-state index contributed by atoms with van der Waals surface area (Å²) in [5.74, 6) is -1.49. The SMILES string of the molecule is O=C1OCC[C@@H](O)C1c1ccc(F)cc1. The van der Waals surface area contributed by atoms with E-state index in [4.69, 9.17) is 4.74 Å². The van der Waals surface area contributed by atoms with Crippen molar-refractivity contribution >= 4 is 5.97 Å². The van der Waals surface area contributed by atoms with Gasteiger partial charge in [-0.15, -0.1) is 0 Å². The fourth-order valence-electron chi connectivity index (χ4n) is 1.72. The van der Waals surface area contributed by atoms with Gasteiger partial charge in [0.2, 0.25) is 0 Å². The van der Waals surface area contributed by atoms with Gasteiger partial charge in [0.15, 0.2) is 0 Å². The lowest BCUT2D eigenvalue weighted by atomic mass is 9.90. The summed E-state index contributed by atoms with van der Waals surface area (Å²) in [5.41, 5.74) is 0.591. The van der Waals surface area contributed by atoms with Gasteiger partial charge in [0, 0.05) is 6.42 Å². The summed E-state index contributed by atoms with van der Waals surface area (Å²) in [7, 11) is 0. The number of hydrogen-bond acceptors (Lipinski definition) is 3. The van der Waals surface area contributed by atoms with E-state index in [0.29, 0.717) is 12.0 Å². The molecule has 1 aromatic carbocycles. The maximum Gasteiger partial charge on any atom is 0.316 e. The number of halogens is 1. The monoisotopic (exact) mass is 210 g/mol. The predicted octanol–water partition coefficient (Wildman–Crippen LogP) is 1.22. The summed E-state index contributed by atoms with van der Waals surface area (Å²) in [4.78, 5) is 11.4. The Bertz CT molecular complexity index is 361. The van der Waals surface area contributed by atoms with Gasteiger partial charge in [-0.3, -0.25) is 4.79 Å². The zero-order valence-corrected chi connectivity index (χ0v) is 8.02. The maximum atomic E-state index is 12.7. The summed E-state index contributed by atoms with van der Waals surface area (Å²) >= 11 is 0. The molecule has 1 aliphatic heterocycles. The van der Waals surface area contributed by atoms with Gasteiger partial charge in [-0.2, -0.15) is 0 Å². The average molecular weight is 210 g/mol. The van der Waals surface area contributed by atoms with Crippen LogP contribution in [0.1, 0.15) is 17.9 Å². The Balaban J connectivity index is 2.27. The fraction of sp³-hybridized carbons (Fsp3) is 0.364. The summed E-state index contributed by atoms with van der Waals surface area (Å²) in [5, 5.41) is 9.67. The Hall–Kier alpha value is -1.42. The van der Waals surface area contributed by atoms with Crippen molar-refractivity contribution in [2.75, 3.05) is 6.61 Å². The molecular formula is C11H11FO3. The molecule has 15 heavy (non-hydrogen) atoms. The van der Waals surface area contributed by atoms with Gasteiger partial charge < -0.3 is 9.84 Å². The number of aliphatic hydroxyl groups excluding tert-OH is 1. The molecular weight excluding hydrogens is 199 g/mol. The minimum atomic E-state index is -0.739. The van der Waals surface area contributed by atoms with Crippen LogP contribution in [0.2, 0.25) is 0 Å². The van der Waals surface area contributed by atoms with E-state index >= 15 is 0 Å². The van der Waals surface area contributed by atoms with Crippen molar-refractivity contribution < 1.29 is 19.0 Å². The molecule has 1 aliphatic rings. The fourth-order valence-corrected chi connectivity index (χ4v) is 1.72. The first-order chi connectivity index (χ1) is 7.18. The molecule has 0 radical (unpaired) electrons. The first-order valence-corrected chi connectivity index (χ1v) is 4.78. The lowest BCUT2D eigenvalue weighted by molar-refractivity contribution is -0.154. The van der Waals surface area contributed by atoms with Gasteiger partial charge in [0.25, 0.3) is 0 Å². The van der Waals surface area contributed by atoms with Crippen LogP contribution in [0, 0.1) is 5.82 Å². The molecule has 0 aliphatic carbocycles. The average Bonchev–Trinajstić information content (AvgIpc) is 2.20. The summed E-state index contributed by atoms with van der Waals surface area (Å²) < 4.78 is 17.5. The van der Waals surface area contributed by atoms with Crippen molar-refractivity contribution in [3.8, 4) is 0 Å². The third-order valence-electron chi connectivity index (χ3n) is 2.53. The number of cyclic esters (lactones) is 1. The van der Waals surface area contributed by atoms with Crippen LogP contribution >= 0.6 is 0 Å². The van der Waals surface area contributed by atoms with E-state index in [1.807, 2.05) is 0 Å². The Morgan fingerprint density at radius 3 is 2.60 bits per heavy atom. The van der Waals surface area contributed by atoms with Gasteiger partial charge in [-0.1, -0.05) is 12.1 Å². The van der Waals surface area contributed by atoms with Crippen molar-refractivity contribution in [2.45, 2.75) is 18.4 Å². The molecule has 0 aromatic heterocycles. The summed E-state index contributed by atoms with van der Waals surface area (Å²) in [6.07, 6.45) is -0.315. The van der Waals surface area contributed by atoms with Crippen LogP contribution in [-0.2, 0) is 9.53 Å². The second-order valence-electron chi connectivity index (χ2n) is 3.55. The van der Waals surface area contributed by atoms with Crippen LogP contribution < -0.4 is 0 Å². The van der Waals surface area contributed by atoms with Crippen molar-refractivity contribution in [1.82, 2.24) is 0 Å². The number of esters is 1. The van der Waals surface area contributed by atoms with Crippen molar-refractivity contribution in [3.05, 3.63) is 35.6 Å². The van der Waals surface area contributed by atoms with E-state index in [-0.39, 0.29) is 12.4 Å². The highest BCUT2D eigenvalue weighted by Gasteiger charge is 2.33. The molecule has 2 atom stereocenters. The first-order valence-electron chi connectivity index (χ1n) is 4.78. The molecule has 1 unspecified atom stereocenters. The Labute approximate surface area is 86.5 Å². The second-order valence-corrected chi connectivity index (χ2v) is 3.55. The van der Waals surface area contributed by atoms with Gasteiger partial charge >= 0.3 is 5.97 Å². The minimum absolute atomic E-state index is 0.248. The highest BCUT2D eigenvalue weighted by atomic mass is 19.1. The Morgan fingerprint density at radius 2 is 2.00 bits per heavy atom. The van der Waals surface area contributed by atoms with Crippen LogP contribution in [0.5, 0.6) is 0 Å². The highest BCUT2D eigenvalue weighted by molar-refractivity contribution is 5.79. The zero-order chi connectivity index (χ0) is 10.8. The van der Waals surface area contributed by atoms with E-state index in [2.05, 4.69) is 0 Å². The molecule has 1 saturated heterocycles. The smallest absolute Gasteiger partial charge is 0.316 e. The van der Waals surface area contributed by atoms with Crippen LogP contribution in [-0.4, -0.2) is 23.8 Å². The first kappa shape index (κ1) is 10.1. The molecule has 2 rings (SSSR count). The third kappa shape index (κ3) is 1.99. The van der Waals surface area contributed by atoms with Gasteiger partial charge in [0.1, 0.15) is 11.7 Å². The quantitative estimate of drug-likeness (QED) is 0.709. The van der Waals surface area contributed by atoms with E-state index in [0.717, 1.165) is 0 Å². The van der Waals surface area contributed by atoms with Crippen molar-refractivity contribution in [3.63, 3.8) is 0 Å². The Morgan fingerprint density at radius 1 is 1.33 bits per heavy atom. The van der Waals surface area contributed by atoms with E-state index in [1.165, 1.54) is 24.3 Å². The van der Waals surface area contributed by atoms with Crippen LogP contribution in [0.3, 0.4) is 0 Å². The van der Waals surface area contributed by atoms with Gasteiger partial charge in [0.05, 0.1) is 12.7 Å². The van der Waals surface area contributed by atoms with E-state index in [9.17, 15) is 14.3 Å². The van der Waals surface area contributed by atoms with E-state index in [1.54, 1.807) is 0 Å². The number of carbonyl (C=O) groups excluding carboxylic acids is 1. The number of ether oxygens (including phenoxy) is 1. The molecule has 4 heteroatoms. The predicted molar refractivity (Wildman–Crippen MR) is 50.7 cm³/mol. The van der Waals surface area contributed by atoms with Crippen molar-refractivity contribution in [1.29, 1.82) is 0 Å². The molecule has 0 amide bonds. The standard InChI is InChI=1S/C11H11FO3/c12-8-3-1-7(2-4-8)10-9(13)5-6-15-11(10)14/h1-4,9-10,13H,5-6H2/t9-,10?/m1/s1. The number of benzene rings is 1. The Kier molecular flexibility index (Phi) is 2.68. The lowest BCUT2D eigenvalue weighted by Gasteiger charge is -2.26. The van der Waals surface area contributed by atoms with Crippen LogP contribution in [0.4, 0.5) is 4.39 Å². The topological polar surface area (TPSA) is 46.5 Å². The molecule has 1 aromatic rings. The van der Waals surface area contributed by atoms with Crippen molar-refractivity contribution in [2.24, 2.45) is 0 Å². The lowest BCUT2D eigenvalue weighted by Crippen LogP contribution is -2.34. The minimum Gasteiger partial charge on any atom is -0.465 e. The molecule has 0 bridgehead atoms. The van der Waals surface area contributed by atoms with Crippen LogP contribution in [0.25, 0.3) is 0 Å². The van der Waals surface area contributed by atoms with Crippen LogP contribution in [0.15, 0.2) is 24.3 Å². The molecule has 1 fully saturated rings. The van der Waals surface area contributed by atoms with E-state index < -0.39 is 18.0 Å². The normalized spacial score (nSPS) is 26.1.